The van der Waals surface area contributed by atoms with Crippen molar-refractivity contribution in [3.63, 3.8) is 0 Å². The minimum absolute atomic E-state index is 0.00916. The summed E-state index contributed by atoms with van der Waals surface area (Å²) < 4.78 is 19.5. The predicted molar refractivity (Wildman–Crippen MR) is 90.7 cm³/mol. The number of ether oxygens (including phenoxy) is 1. The molecule has 1 aliphatic rings. The van der Waals surface area contributed by atoms with Crippen molar-refractivity contribution >= 4 is 23.3 Å². The summed E-state index contributed by atoms with van der Waals surface area (Å²) in [6.07, 6.45) is 1.05. The standard InChI is InChI=1S/C18H21FN2O3/c1-11-6-13(10-22)14-8-15(19)12(7-16(14)21(11)5)9-20-17(23)24-18(2,3)4/h6-8H,9H2,1-5H3,(H,20,23). The highest BCUT2D eigenvalue weighted by Crippen LogP contribution is 2.35. The summed E-state index contributed by atoms with van der Waals surface area (Å²) in [4.78, 5) is 24.7. The molecule has 0 unspecified atom stereocenters. The van der Waals surface area contributed by atoms with E-state index in [9.17, 15) is 14.0 Å². The van der Waals surface area contributed by atoms with Crippen LogP contribution in [0.4, 0.5) is 14.9 Å². The highest BCUT2D eigenvalue weighted by Gasteiger charge is 2.22. The highest BCUT2D eigenvalue weighted by atomic mass is 19.1. The number of anilines is 1. The zero-order chi connectivity index (χ0) is 18.1. The quantitative estimate of drug-likeness (QED) is 0.843. The van der Waals surface area contributed by atoms with E-state index in [4.69, 9.17) is 4.74 Å². The lowest BCUT2D eigenvalue weighted by Crippen LogP contribution is -2.32. The van der Waals surface area contributed by atoms with Crippen LogP contribution in [0.1, 0.15) is 38.8 Å². The van der Waals surface area contributed by atoms with Crippen molar-refractivity contribution in [1.29, 1.82) is 0 Å². The number of nitrogens with zero attached hydrogens (tertiary/aromatic N) is 1. The molecule has 0 aliphatic carbocycles. The van der Waals surface area contributed by atoms with Crippen LogP contribution in [0, 0.1) is 5.82 Å². The molecule has 0 radical (unpaired) electrons. The van der Waals surface area contributed by atoms with E-state index in [0.717, 1.165) is 5.70 Å². The van der Waals surface area contributed by atoms with Crippen LogP contribution in [0.5, 0.6) is 0 Å². The normalized spacial score (nSPS) is 13.8. The fourth-order valence-electron chi connectivity index (χ4n) is 2.37. The van der Waals surface area contributed by atoms with Crippen molar-refractivity contribution in [2.24, 2.45) is 0 Å². The van der Waals surface area contributed by atoms with Crippen LogP contribution in [0.2, 0.25) is 0 Å². The monoisotopic (exact) mass is 332 g/mol. The molecule has 24 heavy (non-hydrogen) atoms. The van der Waals surface area contributed by atoms with Crippen LogP contribution >= 0.6 is 0 Å². The average Bonchev–Trinajstić information content (AvgIpc) is 2.47. The lowest BCUT2D eigenvalue weighted by atomic mass is 9.97. The third kappa shape index (κ3) is 3.84. The van der Waals surface area contributed by atoms with Gasteiger partial charge in [-0.1, -0.05) is 0 Å². The zero-order valence-electron chi connectivity index (χ0n) is 14.5. The molecule has 0 saturated carbocycles. The number of fused-ring (bicyclic) bond motifs is 1. The van der Waals surface area contributed by atoms with Gasteiger partial charge >= 0.3 is 6.09 Å². The Bertz CT molecular complexity index is 756. The Morgan fingerprint density at radius 1 is 1.38 bits per heavy atom. The summed E-state index contributed by atoms with van der Waals surface area (Å²) in [5.41, 5.74) is 2.02. The molecule has 0 fully saturated rings. The van der Waals surface area contributed by atoms with Gasteiger partial charge in [0.2, 0.25) is 0 Å². The number of halogens is 1. The Balaban J connectivity index is 2.26. The molecule has 0 aromatic heterocycles. The van der Waals surface area contributed by atoms with E-state index in [2.05, 4.69) is 5.32 Å². The van der Waals surface area contributed by atoms with Crippen molar-refractivity contribution in [1.82, 2.24) is 5.32 Å². The Labute approximate surface area is 140 Å². The van der Waals surface area contributed by atoms with Crippen molar-refractivity contribution in [3.05, 3.63) is 40.8 Å². The number of amides is 1. The van der Waals surface area contributed by atoms with Crippen molar-refractivity contribution in [3.8, 4) is 0 Å². The average molecular weight is 332 g/mol. The van der Waals surface area contributed by atoms with E-state index in [1.54, 1.807) is 32.9 Å². The first kappa shape index (κ1) is 17.8. The van der Waals surface area contributed by atoms with Crippen LogP contribution in [-0.4, -0.2) is 24.7 Å². The molecule has 1 N–H and O–H groups in total. The Morgan fingerprint density at radius 2 is 2.04 bits per heavy atom. The summed E-state index contributed by atoms with van der Waals surface area (Å²) >= 11 is 0. The molecule has 0 atom stereocenters. The van der Waals surface area contributed by atoms with E-state index >= 15 is 0 Å². The topological polar surface area (TPSA) is 58.6 Å². The van der Waals surface area contributed by atoms with Gasteiger partial charge in [-0.3, -0.25) is 0 Å². The second-order valence-electron chi connectivity index (χ2n) is 6.68. The molecule has 0 bridgehead atoms. The van der Waals surface area contributed by atoms with Gasteiger partial charge in [-0.15, -0.1) is 0 Å². The number of carbonyl (C=O) groups is 1. The molecule has 6 heteroatoms. The second-order valence-corrected chi connectivity index (χ2v) is 6.68. The molecule has 0 spiro atoms. The maximum atomic E-state index is 14.3. The third-order valence-corrected chi connectivity index (χ3v) is 3.63. The first-order valence-electron chi connectivity index (χ1n) is 7.59. The van der Waals surface area contributed by atoms with Crippen LogP contribution in [0.15, 0.2) is 23.9 Å². The number of hydrogen-bond acceptors (Lipinski definition) is 4. The van der Waals surface area contributed by atoms with Gasteiger partial charge in [0.05, 0.1) is 5.57 Å². The molecule has 1 heterocycles. The number of benzene rings is 1. The Morgan fingerprint density at radius 3 is 2.62 bits per heavy atom. The predicted octanol–water partition coefficient (Wildman–Crippen LogP) is 3.42. The van der Waals surface area contributed by atoms with E-state index in [0.29, 0.717) is 22.4 Å². The minimum Gasteiger partial charge on any atom is -0.444 e. The molecule has 1 amide bonds. The molecular formula is C18H21FN2O3. The molecule has 1 aliphatic heterocycles. The summed E-state index contributed by atoms with van der Waals surface area (Å²) in [6, 6.07) is 2.91. The smallest absolute Gasteiger partial charge is 0.407 e. The SMILES string of the molecule is CC1=CC(=C=O)c2cc(F)c(CNC(=O)OC(C)(C)C)cc2N1C. The molecule has 2 rings (SSSR count). The number of carbonyl (C=O) groups excluding carboxylic acids is 2. The van der Waals surface area contributed by atoms with Crippen LogP contribution in [0.3, 0.4) is 0 Å². The lowest BCUT2D eigenvalue weighted by molar-refractivity contribution is 0.0523. The van der Waals surface area contributed by atoms with Gasteiger partial charge in [0.15, 0.2) is 0 Å². The van der Waals surface area contributed by atoms with Gasteiger partial charge in [0, 0.05) is 36.1 Å². The fourth-order valence-corrected chi connectivity index (χ4v) is 2.37. The van der Waals surface area contributed by atoms with E-state index in [-0.39, 0.29) is 6.54 Å². The van der Waals surface area contributed by atoms with Gasteiger partial charge in [0.1, 0.15) is 17.4 Å². The van der Waals surface area contributed by atoms with Gasteiger partial charge in [-0.25, -0.2) is 14.0 Å². The van der Waals surface area contributed by atoms with Crippen LogP contribution in [-0.2, 0) is 16.1 Å². The van der Waals surface area contributed by atoms with Gasteiger partial charge in [0.25, 0.3) is 0 Å². The number of allylic oxidation sites excluding steroid dienone is 3. The number of rotatable bonds is 2. The van der Waals surface area contributed by atoms with E-state index < -0.39 is 17.5 Å². The Kier molecular flexibility index (Phi) is 4.81. The molecule has 0 saturated heterocycles. The van der Waals surface area contributed by atoms with Gasteiger partial charge in [-0.05, 0) is 45.9 Å². The maximum Gasteiger partial charge on any atom is 0.407 e. The third-order valence-electron chi connectivity index (χ3n) is 3.63. The van der Waals surface area contributed by atoms with Crippen molar-refractivity contribution in [2.45, 2.75) is 39.8 Å². The van der Waals surface area contributed by atoms with Crippen LogP contribution < -0.4 is 10.2 Å². The molecule has 128 valence electrons. The number of hydrogen-bond donors (Lipinski definition) is 1. The number of alkyl carbamates (subject to hydrolysis) is 1. The molecule has 1 aromatic carbocycles. The molecule has 5 nitrogen and oxygen atoms in total. The minimum atomic E-state index is -0.621. The first-order chi connectivity index (χ1) is 11.1. The van der Waals surface area contributed by atoms with Crippen molar-refractivity contribution < 1.29 is 18.7 Å². The summed E-state index contributed by atoms with van der Waals surface area (Å²) in [5.74, 6) is 1.34. The lowest BCUT2D eigenvalue weighted by Gasteiger charge is -2.28. The highest BCUT2D eigenvalue weighted by molar-refractivity contribution is 6.00. The fraction of sp³-hybridized carbons (Fsp3) is 0.389. The molecule has 1 aromatic rings. The van der Waals surface area contributed by atoms with E-state index in [1.165, 1.54) is 6.07 Å². The van der Waals surface area contributed by atoms with Crippen LogP contribution in [0.25, 0.3) is 5.57 Å². The number of nitrogens with one attached hydrogen (secondary N) is 1. The van der Waals surface area contributed by atoms with Crippen molar-refractivity contribution in [2.75, 3.05) is 11.9 Å². The zero-order valence-corrected chi connectivity index (χ0v) is 14.5. The van der Waals surface area contributed by atoms with Gasteiger partial charge in [-0.2, -0.15) is 0 Å². The Hall–Kier alpha value is -2.59. The largest absolute Gasteiger partial charge is 0.444 e. The maximum absolute atomic E-state index is 14.3. The second kappa shape index (κ2) is 6.49. The summed E-state index contributed by atoms with van der Waals surface area (Å²) in [6.45, 7) is 7.10. The summed E-state index contributed by atoms with van der Waals surface area (Å²) in [5, 5.41) is 2.54. The molecular weight excluding hydrogens is 311 g/mol. The first-order valence-corrected chi connectivity index (χ1v) is 7.59. The summed E-state index contributed by atoms with van der Waals surface area (Å²) in [7, 11) is 1.83. The van der Waals surface area contributed by atoms with Gasteiger partial charge < -0.3 is 15.0 Å². The van der Waals surface area contributed by atoms with E-state index in [1.807, 2.05) is 24.8 Å².